The summed E-state index contributed by atoms with van der Waals surface area (Å²) < 4.78 is 34.3. The molecule has 10 heteroatoms. The molecule has 9 nitrogen and oxygen atoms in total. The van der Waals surface area contributed by atoms with Crippen molar-refractivity contribution in [2.24, 2.45) is 0 Å². The molecule has 0 amide bonds. The Bertz CT molecular complexity index is 1700. The van der Waals surface area contributed by atoms with E-state index < -0.39 is 32.5 Å². The van der Waals surface area contributed by atoms with Gasteiger partial charge in [-0.05, 0) is 116 Å². The van der Waals surface area contributed by atoms with E-state index in [1.54, 1.807) is 0 Å². The second-order valence-corrected chi connectivity index (χ2v) is 20.0. The quantitative estimate of drug-likeness (QED) is 0.0211. The summed E-state index contributed by atoms with van der Waals surface area (Å²) in [7, 11) is 1.42. The molecule has 1 N–H and O–H groups in total. The third kappa shape index (κ3) is 55.1. The van der Waals surface area contributed by atoms with Crippen LogP contribution >= 0.6 is 7.82 Å². The minimum atomic E-state index is -4.40. The van der Waals surface area contributed by atoms with E-state index in [1.807, 2.05) is 21.1 Å². The van der Waals surface area contributed by atoms with Crippen LogP contribution in [0, 0.1) is 0 Å². The molecule has 0 aromatic carbocycles. The monoisotopic (exact) mass is 1000 g/mol. The van der Waals surface area contributed by atoms with Gasteiger partial charge < -0.3 is 18.9 Å². The molecular weight excluding hydrogens is 906 g/mol. The Labute approximate surface area is 433 Å². The molecule has 0 bridgehead atoms. The molecule has 400 valence electrons. The second kappa shape index (κ2) is 50.8. The third-order valence-electron chi connectivity index (χ3n) is 10.6. The first-order chi connectivity index (χ1) is 34.5. The number of carbonyl (C=O) groups excluding carboxylic acids is 2. The first-order valence-electron chi connectivity index (χ1n) is 27.1. The number of unbranched alkanes of at least 4 members (excludes halogenated alkanes) is 9. The van der Waals surface area contributed by atoms with Crippen molar-refractivity contribution < 1.29 is 42.1 Å². The molecule has 2 atom stereocenters. The number of quaternary nitrogens is 1. The molecule has 0 rings (SSSR count). The fraction of sp³-hybridized carbons (Fsp3) is 0.574. The van der Waals surface area contributed by atoms with Gasteiger partial charge in [-0.15, -0.1) is 0 Å². The average Bonchev–Trinajstić information content (AvgIpc) is 3.33. The Hall–Kier alpha value is -4.11. The number of phosphoric acid groups is 1. The maximum Gasteiger partial charge on any atom is 0.472 e. The fourth-order valence-corrected chi connectivity index (χ4v) is 7.17. The molecule has 0 aromatic rings. The van der Waals surface area contributed by atoms with Crippen LogP contribution in [0.5, 0.6) is 0 Å². The van der Waals surface area contributed by atoms with Crippen LogP contribution in [0.2, 0.25) is 0 Å². The van der Waals surface area contributed by atoms with E-state index >= 15 is 0 Å². The van der Waals surface area contributed by atoms with Crippen molar-refractivity contribution in [1.82, 2.24) is 0 Å². The van der Waals surface area contributed by atoms with Crippen molar-refractivity contribution in [1.29, 1.82) is 0 Å². The number of rotatable bonds is 47. The highest BCUT2D eigenvalue weighted by atomic mass is 31.2. The highest BCUT2D eigenvalue weighted by Gasteiger charge is 2.27. The Morgan fingerprint density at radius 2 is 0.803 bits per heavy atom. The van der Waals surface area contributed by atoms with Gasteiger partial charge in [0.05, 0.1) is 27.7 Å². The van der Waals surface area contributed by atoms with Crippen LogP contribution < -0.4 is 0 Å². The number of allylic oxidation sites excluding steroid dienone is 24. The number of carbonyl (C=O) groups is 2. The number of phosphoric ester groups is 1. The number of nitrogens with zero attached hydrogens (tertiary/aromatic N) is 1. The van der Waals surface area contributed by atoms with E-state index in [1.165, 1.54) is 6.42 Å². The molecule has 0 aliphatic rings. The second-order valence-electron chi connectivity index (χ2n) is 18.5. The number of likely N-dealkylation sites (N-methyl/N-ethyl adjacent to an activating group) is 1. The summed E-state index contributed by atoms with van der Waals surface area (Å²) in [6.45, 7) is 4.16. The van der Waals surface area contributed by atoms with Crippen molar-refractivity contribution in [3.63, 3.8) is 0 Å². The largest absolute Gasteiger partial charge is 0.472 e. The predicted octanol–water partition coefficient (Wildman–Crippen LogP) is 16.7. The highest BCUT2D eigenvalue weighted by Crippen LogP contribution is 2.43. The van der Waals surface area contributed by atoms with Crippen LogP contribution in [0.25, 0.3) is 0 Å². The van der Waals surface area contributed by atoms with Crippen LogP contribution in [-0.4, -0.2) is 74.9 Å². The summed E-state index contributed by atoms with van der Waals surface area (Å²) in [5, 5.41) is 0. The molecule has 0 radical (unpaired) electrons. The normalized spacial score (nSPS) is 14.5. The zero-order valence-electron chi connectivity index (χ0n) is 45.1. The van der Waals surface area contributed by atoms with Crippen molar-refractivity contribution in [2.75, 3.05) is 47.5 Å². The Morgan fingerprint density at radius 3 is 1.23 bits per heavy atom. The zero-order chi connectivity index (χ0) is 52.0. The SMILES string of the molecule is CC/C=C\C/C=C\C/C=C\C/C=C\C/C=C\C/C=C\C/C=C\C/C=C\C/C=C\C/C=C\C/C=C\CCCCCC(=O)OC(COC(=O)CCCCCCC/C=C\CCC)COP(=O)(O)OCC[N+](C)(C)C. The minimum Gasteiger partial charge on any atom is -0.462 e. The van der Waals surface area contributed by atoms with Crippen molar-refractivity contribution in [3.05, 3.63) is 146 Å². The zero-order valence-corrected chi connectivity index (χ0v) is 46.0. The first-order valence-corrected chi connectivity index (χ1v) is 28.6. The van der Waals surface area contributed by atoms with E-state index in [0.29, 0.717) is 23.9 Å². The molecule has 0 aliphatic carbocycles. The lowest BCUT2D eigenvalue weighted by Gasteiger charge is -2.24. The lowest BCUT2D eigenvalue weighted by atomic mass is 10.1. The van der Waals surface area contributed by atoms with E-state index in [4.69, 9.17) is 18.5 Å². The fourth-order valence-electron chi connectivity index (χ4n) is 6.43. The van der Waals surface area contributed by atoms with Crippen molar-refractivity contribution in [3.8, 4) is 0 Å². The maximum atomic E-state index is 12.7. The van der Waals surface area contributed by atoms with Crippen LogP contribution in [0.15, 0.2) is 146 Å². The van der Waals surface area contributed by atoms with Gasteiger partial charge in [-0.1, -0.05) is 192 Å². The van der Waals surface area contributed by atoms with Gasteiger partial charge in [0.2, 0.25) is 0 Å². The highest BCUT2D eigenvalue weighted by molar-refractivity contribution is 7.47. The summed E-state index contributed by atoms with van der Waals surface area (Å²) in [6, 6.07) is 0. The van der Waals surface area contributed by atoms with Gasteiger partial charge in [0.25, 0.3) is 0 Å². The number of hydrogen-bond donors (Lipinski definition) is 1. The summed E-state index contributed by atoms with van der Waals surface area (Å²) in [5.74, 6) is -0.864. The minimum absolute atomic E-state index is 0.0155. The topological polar surface area (TPSA) is 108 Å². The molecule has 0 heterocycles. The van der Waals surface area contributed by atoms with Crippen LogP contribution in [0.1, 0.15) is 174 Å². The van der Waals surface area contributed by atoms with Crippen LogP contribution in [-0.2, 0) is 32.7 Å². The summed E-state index contributed by atoms with van der Waals surface area (Å²) in [4.78, 5) is 35.4. The predicted molar refractivity (Wildman–Crippen MR) is 302 cm³/mol. The standard InChI is InChI=1S/C61H98NO8P/c1-6-8-10-12-14-16-18-19-20-21-22-23-24-25-26-27-28-29-30-31-32-33-34-35-36-37-38-39-40-41-42-43-44-46-48-50-52-54-61(64)70-59(58-69-71(65,66)68-56-55-62(3,4)5)57-67-60(63)53-51-49-47-45-17-15-13-11-9-7-2/h8,10-11,13-14,16,19-20,22-23,25-26,28-29,31-32,34-35,37-38,40-41,43-44,59H,6-7,9,12,15,17-18,21,24,27,30,33,36,39,42,45-58H2,1-5H3/p+1/b10-8-,13-11-,16-14-,20-19-,23-22-,26-25-,29-28-,32-31-,35-34-,38-37-,41-40-,44-43-. The smallest absolute Gasteiger partial charge is 0.462 e. The molecule has 0 saturated carbocycles. The maximum absolute atomic E-state index is 12.7. The van der Waals surface area contributed by atoms with Crippen LogP contribution in [0.4, 0.5) is 0 Å². The molecule has 0 spiro atoms. The van der Waals surface area contributed by atoms with Crippen molar-refractivity contribution in [2.45, 2.75) is 180 Å². The number of ether oxygens (including phenoxy) is 2. The van der Waals surface area contributed by atoms with E-state index in [0.717, 1.165) is 128 Å². The lowest BCUT2D eigenvalue weighted by Crippen LogP contribution is -2.37. The van der Waals surface area contributed by atoms with Crippen LogP contribution in [0.3, 0.4) is 0 Å². The van der Waals surface area contributed by atoms with Gasteiger partial charge >= 0.3 is 19.8 Å². The van der Waals surface area contributed by atoms with Gasteiger partial charge in [-0.3, -0.25) is 18.6 Å². The van der Waals surface area contributed by atoms with Crippen molar-refractivity contribution >= 4 is 19.8 Å². The number of hydrogen-bond acceptors (Lipinski definition) is 7. The van der Waals surface area contributed by atoms with Gasteiger partial charge in [0.1, 0.15) is 19.8 Å². The Kier molecular flexibility index (Phi) is 47.9. The molecular formula is C61H99NO8P+. The van der Waals surface area contributed by atoms with E-state index in [-0.39, 0.29) is 26.1 Å². The first kappa shape index (κ1) is 66.9. The Morgan fingerprint density at radius 1 is 0.451 bits per heavy atom. The molecule has 71 heavy (non-hydrogen) atoms. The summed E-state index contributed by atoms with van der Waals surface area (Å²) in [5.41, 5.74) is 0. The summed E-state index contributed by atoms with van der Waals surface area (Å²) in [6.07, 6.45) is 75.0. The average molecular weight is 1010 g/mol. The number of esters is 2. The molecule has 2 unspecified atom stereocenters. The summed E-state index contributed by atoms with van der Waals surface area (Å²) >= 11 is 0. The van der Waals surface area contributed by atoms with Gasteiger partial charge in [-0.25, -0.2) is 4.57 Å². The van der Waals surface area contributed by atoms with Gasteiger partial charge in [0, 0.05) is 12.8 Å². The molecule has 0 fully saturated rings. The molecule has 0 aliphatic heterocycles. The molecule has 0 saturated heterocycles. The molecule has 0 aromatic heterocycles. The Balaban J connectivity index is 4.22. The third-order valence-corrected chi connectivity index (χ3v) is 11.6. The lowest BCUT2D eigenvalue weighted by molar-refractivity contribution is -0.870. The van der Waals surface area contributed by atoms with Gasteiger partial charge in [0.15, 0.2) is 6.10 Å². The van der Waals surface area contributed by atoms with Gasteiger partial charge in [-0.2, -0.15) is 0 Å². The van der Waals surface area contributed by atoms with E-state index in [2.05, 4.69) is 160 Å². The van der Waals surface area contributed by atoms with E-state index in [9.17, 15) is 19.0 Å².